The second-order valence-electron chi connectivity index (χ2n) is 12.8. The summed E-state index contributed by atoms with van der Waals surface area (Å²) in [4.78, 5) is 11.6. The number of allylic oxidation sites excluding steroid dienone is 2. The lowest BCUT2D eigenvalue weighted by molar-refractivity contribution is -0.0868. The molecule has 9 unspecified atom stereocenters. The molecule has 0 aromatic rings. The number of rotatable bonds is 6. The maximum atomic E-state index is 11.6. The smallest absolute Gasteiger partial charge is 0.438 e. The highest BCUT2D eigenvalue weighted by molar-refractivity contribution is 5.59. The van der Waals surface area contributed by atoms with Crippen molar-refractivity contribution in [3.05, 3.63) is 12.2 Å². The van der Waals surface area contributed by atoms with Crippen molar-refractivity contribution in [3.8, 4) is 0 Å². The van der Waals surface area contributed by atoms with E-state index < -0.39 is 6.16 Å². The minimum absolute atomic E-state index is 0.0122. The van der Waals surface area contributed by atoms with Gasteiger partial charge in [0.15, 0.2) is 0 Å². The van der Waals surface area contributed by atoms with Crippen LogP contribution < -0.4 is 0 Å². The van der Waals surface area contributed by atoms with Gasteiger partial charge in [0.05, 0.1) is 7.11 Å². The molecule has 0 N–H and O–H groups in total. The number of carbonyl (C=O) groups excluding carboxylic acids is 1. The molecule has 3 fully saturated rings. The lowest BCUT2D eigenvalue weighted by Crippen LogP contribution is -2.52. The van der Waals surface area contributed by atoms with Gasteiger partial charge in [-0.1, -0.05) is 66.0 Å². The molecule has 4 aliphatic carbocycles. The van der Waals surface area contributed by atoms with Crippen molar-refractivity contribution in [2.24, 2.45) is 52.3 Å². The Morgan fingerprint density at radius 2 is 1.69 bits per heavy atom. The molecule has 0 aliphatic heterocycles. The highest BCUT2D eigenvalue weighted by Crippen LogP contribution is 2.67. The standard InChI is InChI=1S/C29H48O3/c1-19(2)8-7-9-20(3)24-12-13-25-23-11-10-21-18-22(32-27(30)31-6)14-16-28(21,4)26(23)15-17-29(24,25)5/h10-11,19-26H,7-9,12-18H2,1-6H3. The van der Waals surface area contributed by atoms with Gasteiger partial charge in [-0.25, -0.2) is 4.79 Å². The first-order valence-corrected chi connectivity index (χ1v) is 13.6. The van der Waals surface area contributed by atoms with E-state index in [9.17, 15) is 4.79 Å². The summed E-state index contributed by atoms with van der Waals surface area (Å²) < 4.78 is 10.3. The molecule has 182 valence electrons. The van der Waals surface area contributed by atoms with Crippen LogP contribution in [0, 0.1) is 52.3 Å². The average Bonchev–Trinajstić information content (AvgIpc) is 3.11. The number of fused-ring (bicyclic) bond motifs is 5. The molecule has 0 amide bonds. The molecule has 0 aromatic heterocycles. The first-order valence-electron chi connectivity index (χ1n) is 13.6. The summed E-state index contributed by atoms with van der Waals surface area (Å²) in [6.07, 6.45) is 17.6. The van der Waals surface area contributed by atoms with Crippen LogP contribution in [0.1, 0.15) is 98.8 Å². The van der Waals surface area contributed by atoms with E-state index in [1.165, 1.54) is 58.5 Å². The van der Waals surface area contributed by atoms with Crippen molar-refractivity contribution < 1.29 is 14.3 Å². The minimum Gasteiger partial charge on any atom is -0.438 e. The van der Waals surface area contributed by atoms with Crippen LogP contribution >= 0.6 is 0 Å². The van der Waals surface area contributed by atoms with Crippen molar-refractivity contribution in [2.75, 3.05) is 7.11 Å². The number of ether oxygens (including phenoxy) is 2. The molecule has 0 saturated heterocycles. The van der Waals surface area contributed by atoms with E-state index in [0.29, 0.717) is 16.7 Å². The number of carbonyl (C=O) groups is 1. The Bertz CT molecular complexity index is 699. The van der Waals surface area contributed by atoms with E-state index >= 15 is 0 Å². The van der Waals surface area contributed by atoms with Gasteiger partial charge in [0.1, 0.15) is 6.10 Å². The zero-order valence-corrected chi connectivity index (χ0v) is 21.6. The fourth-order valence-electron chi connectivity index (χ4n) is 8.90. The zero-order chi connectivity index (χ0) is 23.1. The first kappa shape index (κ1) is 24.1. The Hall–Kier alpha value is -0.990. The van der Waals surface area contributed by atoms with E-state index in [0.717, 1.165) is 48.3 Å². The van der Waals surface area contributed by atoms with Crippen LogP contribution in [0.4, 0.5) is 4.79 Å². The van der Waals surface area contributed by atoms with E-state index in [-0.39, 0.29) is 6.10 Å². The van der Waals surface area contributed by atoms with Gasteiger partial charge in [0.25, 0.3) is 0 Å². The average molecular weight is 445 g/mol. The number of hydrogen-bond acceptors (Lipinski definition) is 3. The van der Waals surface area contributed by atoms with E-state index in [1.54, 1.807) is 0 Å². The zero-order valence-electron chi connectivity index (χ0n) is 21.6. The monoisotopic (exact) mass is 444 g/mol. The molecule has 32 heavy (non-hydrogen) atoms. The highest BCUT2D eigenvalue weighted by atomic mass is 16.7. The second kappa shape index (κ2) is 9.34. The van der Waals surface area contributed by atoms with Crippen LogP contribution in [-0.4, -0.2) is 19.4 Å². The Morgan fingerprint density at radius 3 is 2.41 bits per heavy atom. The third-order valence-corrected chi connectivity index (χ3v) is 10.7. The fraction of sp³-hybridized carbons (Fsp3) is 0.897. The van der Waals surface area contributed by atoms with Gasteiger partial charge in [0, 0.05) is 0 Å². The summed E-state index contributed by atoms with van der Waals surface area (Å²) >= 11 is 0. The SMILES string of the molecule is COC(=O)OC1CCC2(C)C(C=CC3C2CCC2(C)C(C(C)CCCC(C)C)CCC32)C1. The summed E-state index contributed by atoms with van der Waals surface area (Å²) in [6.45, 7) is 12.5. The minimum atomic E-state index is -0.524. The van der Waals surface area contributed by atoms with Crippen LogP contribution in [0.2, 0.25) is 0 Å². The topological polar surface area (TPSA) is 35.5 Å². The van der Waals surface area contributed by atoms with Crippen LogP contribution in [-0.2, 0) is 9.47 Å². The maximum Gasteiger partial charge on any atom is 0.508 e. The van der Waals surface area contributed by atoms with Crippen molar-refractivity contribution in [1.29, 1.82) is 0 Å². The van der Waals surface area contributed by atoms with Gasteiger partial charge in [-0.3, -0.25) is 0 Å². The molecule has 4 rings (SSSR count). The van der Waals surface area contributed by atoms with Crippen molar-refractivity contribution in [1.82, 2.24) is 0 Å². The molecule has 0 aromatic carbocycles. The van der Waals surface area contributed by atoms with Crippen molar-refractivity contribution in [3.63, 3.8) is 0 Å². The van der Waals surface area contributed by atoms with E-state index in [2.05, 4.69) is 46.8 Å². The van der Waals surface area contributed by atoms with Crippen LogP contribution in [0.5, 0.6) is 0 Å². The molecule has 0 heterocycles. The molecule has 4 aliphatic rings. The quantitative estimate of drug-likeness (QED) is 0.307. The maximum absolute atomic E-state index is 11.6. The lowest BCUT2D eigenvalue weighted by atomic mass is 9.46. The Labute approximate surface area is 197 Å². The second-order valence-corrected chi connectivity index (χ2v) is 12.8. The number of hydrogen-bond donors (Lipinski definition) is 0. The van der Waals surface area contributed by atoms with E-state index in [1.807, 2.05) is 0 Å². The molecule has 9 atom stereocenters. The van der Waals surface area contributed by atoms with Crippen molar-refractivity contribution in [2.45, 2.75) is 105 Å². The predicted molar refractivity (Wildman–Crippen MR) is 130 cm³/mol. The van der Waals surface area contributed by atoms with Gasteiger partial charge in [-0.15, -0.1) is 0 Å². The Balaban J connectivity index is 1.45. The summed E-state index contributed by atoms with van der Waals surface area (Å²) in [5.74, 6) is 5.54. The molecule has 3 nitrogen and oxygen atoms in total. The van der Waals surface area contributed by atoms with Crippen molar-refractivity contribution >= 4 is 6.16 Å². The van der Waals surface area contributed by atoms with Crippen LogP contribution in [0.15, 0.2) is 12.2 Å². The molecule has 0 spiro atoms. The normalized spacial score (nSPS) is 43.8. The predicted octanol–water partition coefficient (Wildman–Crippen LogP) is 8.04. The fourth-order valence-corrected chi connectivity index (χ4v) is 8.90. The molecule has 0 bridgehead atoms. The third kappa shape index (κ3) is 4.27. The molecular weight excluding hydrogens is 396 g/mol. The first-order chi connectivity index (χ1) is 15.2. The van der Waals surface area contributed by atoms with Gasteiger partial charge >= 0.3 is 6.16 Å². The van der Waals surface area contributed by atoms with Gasteiger partial charge in [-0.2, -0.15) is 0 Å². The molecule has 3 heteroatoms. The largest absolute Gasteiger partial charge is 0.508 e. The summed E-state index contributed by atoms with van der Waals surface area (Å²) in [6, 6.07) is 0. The number of methoxy groups -OCH3 is 1. The summed E-state index contributed by atoms with van der Waals surface area (Å²) in [5, 5.41) is 0. The molecule has 0 radical (unpaired) electrons. The van der Waals surface area contributed by atoms with E-state index in [4.69, 9.17) is 9.47 Å². The van der Waals surface area contributed by atoms with Crippen LogP contribution in [0.25, 0.3) is 0 Å². The third-order valence-electron chi connectivity index (χ3n) is 10.7. The summed E-state index contributed by atoms with van der Waals surface area (Å²) in [5.41, 5.74) is 0.884. The molecule has 3 saturated carbocycles. The van der Waals surface area contributed by atoms with Crippen LogP contribution in [0.3, 0.4) is 0 Å². The summed E-state index contributed by atoms with van der Waals surface area (Å²) in [7, 11) is 1.40. The Morgan fingerprint density at radius 1 is 0.969 bits per heavy atom. The van der Waals surface area contributed by atoms with Gasteiger partial charge in [-0.05, 0) is 97.2 Å². The Kier molecular flexibility index (Phi) is 7.04. The highest BCUT2D eigenvalue weighted by Gasteiger charge is 2.59. The lowest BCUT2D eigenvalue weighted by Gasteiger charge is -2.59. The van der Waals surface area contributed by atoms with Gasteiger partial charge in [0.2, 0.25) is 0 Å². The molecular formula is C29H48O3. The van der Waals surface area contributed by atoms with Gasteiger partial charge < -0.3 is 9.47 Å².